The van der Waals surface area contributed by atoms with Gasteiger partial charge in [-0.2, -0.15) is 0 Å². The Labute approximate surface area is 138 Å². The average molecular weight is 308 g/mol. The highest BCUT2D eigenvalue weighted by molar-refractivity contribution is 4.89. The van der Waals surface area contributed by atoms with E-state index >= 15 is 0 Å². The van der Waals surface area contributed by atoms with Crippen molar-refractivity contribution < 1.29 is 4.57 Å². The number of hydrogen-bond acceptors (Lipinski definition) is 0. The average Bonchev–Trinajstić information content (AvgIpc) is 3.01. The van der Waals surface area contributed by atoms with E-state index < -0.39 is 0 Å². The van der Waals surface area contributed by atoms with Crippen molar-refractivity contribution in [2.75, 3.05) is 0 Å². The van der Waals surface area contributed by atoms with Crippen LogP contribution in [-0.2, 0) is 6.54 Å². The Morgan fingerprint density at radius 2 is 1.45 bits per heavy atom. The Kier molecular flexibility index (Phi) is 11.1. The molecule has 1 atom stereocenters. The standard InChI is InChI=1S/C20H38N2/c1-4-7-8-9-10-11-12-13-14-15-16-19(5-2)20-21-17-18-22(20)6-3/h17-19H,4-16H2,1-3H3/p+1/t19-/m0/s1. The molecule has 0 saturated carbocycles. The largest absolute Gasteiger partial charge is 0.257 e. The monoisotopic (exact) mass is 307 g/mol. The number of rotatable bonds is 14. The molecule has 0 saturated heterocycles. The first-order valence-corrected chi connectivity index (χ1v) is 9.90. The molecular formula is C20H39N2+. The van der Waals surface area contributed by atoms with Crippen molar-refractivity contribution in [3.63, 3.8) is 0 Å². The maximum atomic E-state index is 3.46. The number of nitrogens with one attached hydrogen (secondary N) is 1. The van der Waals surface area contributed by atoms with Gasteiger partial charge in [-0.15, -0.1) is 0 Å². The molecular weight excluding hydrogens is 268 g/mol. The minimum absolute atomic E-state index is 0.712. The summed E-state index contributed by atoms with van der Waals surface area (Å²) < 4.78 is 2.37. The summed E-state index contributed by atoms with van der Waals surface area (Å²) >= 11 is 0. The zero-order chi connectivity index (χ0) is 16.0. The van der Waals surface area contributed by atoms with Gasteiger partial charge in [-0.05, 0) is 19.8 Å². The number of nitrogens with zero attached hydrogens (tertiary/aromatic N) is 1. The number of aryl methyl sites for hydroxylation is 1. The second kappa shape index (κ2) is 12.7. The van der Waals surface area contributed by atoms with E-state index in [0.29, 0.717) is 5.92 Å². The van der Waals surface area contributed by atoms with Crippen molar-refractivity contribution in [3.8, 4) is 0 Å². The fourth-order valence-corrected chi connectivity index (χ4v) is 3.42. The molecule has 128 valence electrons. The van der Waals surface area contributed by atoms with Crippen LogP contribution >= 0.6 is 0 Å². The highest BCUT2D eigenvalue weighted by atomic mass is 15.1. The van der Waals surface area contributed by atoms with Gasteiger partial charge in [-0.1, -0.05) is 78.1 Å². The number of aromatic nitrogens is 2. The zero-order valence-corrected chi connectivity index (χ0v) is 15.4. The van der Waals surface area contributed by atoms with Crippen LogP contribution in [0.4, 0.5) is 0 Å². The van der Waals surface area contributed by atoms with Crippen LogP contribution in [0.5, 0.6) is 0 Å². The predicted molar refractivity (Wildman–Crippen MR) is 96.2 cm³/mol. The Morgan fingerprint density at radius 1 is 0.864 bits per heavy atom. The Hall–Kier alpha value is -0.790. The van der Waals surface area contributed by atoms with Gasteiger partial charge in [-0.25, -0.2) is 9.55 Å². The third-order valence-electron chi connectivity index (χ3n) is 4.92. The molecule has 0 spiro atoms. The summed E-state index contributed by atoms with van der Waals surface area (Å²) in [5, 5.41) is 0. The van der Waals surface area contributed by atoms with Crippen molar-refractivity contribution in [3.05, 3.63) is 18.2 Å². The van der Waals surface area contributed by atoms with E-state index in [1.807, 2.05) is 0 Å². The Bertz CT molecular complexity index is 356. The minimum Gasteiger partial charge on any atom is -0.247 e. The Morgan fingerprint density at radius 3 is 2.00 bits per heavy atom. The van der Waals surface area contributed by atoms with E-state index in [-0.39, 0.29) is 0 Å². The van der Waals surface area contributed by atoms with Crippen LogP contribution < -0.4 is 4.57 Å². The molecule has 2 nitrogen and oxygen atoms in total. The minimum atomic E-state index is 0.712. The lowest BCUT2D eigenvalue weighted by atomic mass is 9.96. The molecule has 0 aliphatic carbocycles. The van der Waals surface area contributed by atoms with Crippen LogP contribution in [0.25, 0.3) is 0 Å². The lowest BCUT2D eigenvalue weighted by Crippen LogP contribution is -2.36. The van der Waals surface area contributed by atoms with Gasteiger partial charge in [0.15, 0.2) is 0 Å². The molecule has 0 unspecified atom stereocenters. The molecule has 0 aromatic carbocycles. The topological polar surface area (TPSA) is 19.7 Å². The van der Waals surface area contributed by atoms with Crippen LogP contribution in [0.15, 0.2) is 12.4 Å². The SMILES string of the molecule is CCCCCCCCCCCC[C@H](CC)c1[nH]cc[n+]1CC. The van der Waals surface area contributed by atoms with E-state index in [4.69, 9.17) is 0 Å². The fourth-order valence-electron chi connectivity index (χ4n) is 3.42. The van der Waals surface area contributed by atoms with Crippen LogP contribution in [0.1, 0.15) is 110 Å². The highest BCUT2D eigenvalue weighted by Gasteiger charge is 2.19. The van der Waals surface area contributed by atoms with E-state index in [9.17, 15) is 0 Å². The summed E-state index contributed by atoms with van der Waals surface area (Å²) in [5.41, 5.74) is 0. The third kappa shape index (κ3) is 7.47. The Balaban J connectivity index is 2.05. The molecule has 1 heterocycles. The van der Waals surface area contributed by atoms with Gasteiger partial charge in [0, 0.05) is 0 Å². The maximum Gasteiger partial charge on any atom is 0.257 e. The second-order valence-corrected chi connectivity index (χ2v) is 6.71. The predicted octanol–water partition coefficient (Wildman–Crippen LogP) is 6.13. The summed E-state index contributed by atoms with van der Waals surface area (Å²) in [6.07, 6.45) is 21.1. The molecule has 0 fully saturated rings. The highest BCUT2D eigenvalue weighted by Crippen LogP contribution is 2.22. The first kappa shape index (κ1) is 19.3. The number of H-pyrrole nitrogens is 1. The van der Waals surface area contributed by atoms with E-state index in [0.717, 1.165) is 6.54 Å². The van der Waals surface area contributed by atoms with Gasteiger partial charge in [0.1, 0.15) is 12.4 Å². The number of hydrogen-bond donors (Lipinski definition) is 1. The summed E-state index contributed by atoms with van der Waals surface area (Å²) in [4.78, 5) is 3.46. The normalized spacial score (nSPS) is 12.7. The summed E-state index contributed by atoms with van der Waals surface area (Å²) in [6.45, 7) is 7.92. The molecule has 1 N–H and O–H groups in total. The first-order chi connectivity index (χ1) is 10.8. The van der Waals surface area contributed by atoms with Crippen LogP contribution in [0.3, 0.4) is 0 Å². The van der Waals surface area contributed by atoms with Crippen molar-refractivity contribution >= 4 is 0 Å². The van der Waals surface area contributed by atoms with Gasteiger partial charge in [0.2, 0.25) is 0 Å². The third-order valence-corrected chi connectivity index (χ3v) is 4.92. The van der Waals surface area contributed by atoms with Gasteiger partial charge < -0.3 is 0 Å². The number of aromatic amines is 1. The molecule has 0 bridgehead atoms. The lowest BCUT2D eigenvalue weighted by molar-refractivity contribution is -0.701. The molecule has 1 rings (SSSR count). The number of imidazole rings is 1. The molecule has 1 aromatic heterocycles. The molecule has 0 aliphatic heterocycles. The van der Waals surface area contributed by atoms with Crippen molar-refractivity contribution in [2.24, 2.45) is 0 Å². The fraction of sp³-hybridized carbons (Fsp3) is 0.850. The van der Waals surface area contributed by atoms with E-state index in [1.54, 1.807) is 0 Å². The summed E-state index contributed by atoms with van der Waals surface area (Å²) in [6, 6.07) is 0. The maximum absolute atomic E-state index is 3.46. The van der Waals surface area contributed by atoms with Gasteiger partial charge in [0.25, 0.3) is 5.82 Å². The lowest BCUT2D eigenvalue weighted by Gasteiger charge is -2.11. The quantitative estimate of drug-likeness (QED) is 0.315. The van der Waals surface area contributed by atoms with Crippen molar-refractivity contribution in [1.82, 2.24) is 4.98 Å². The molecule has 0 amide bonds. The van der Waals surface area contributed by atoms with Gasteiger partial charge >= 0.3 is 0 Å². The second-order valence-electron chi connectivity index (χ2n) is 6.71. The molecule has 1 aromatic rings. The molecule has 22 heavy (non-hydrogen) atoms. The van der Waals surface area contributed by atoms with E-state index in [2.05, 4.69) is 42.7 Å². The molecule has 0 radical (unpaired) electrons. The van der Waals surface area contributed by atoms with Gasteiger partial charge in [-0.3, -0.25) is 0 Å². The van der Waals surface area contributed by atoms with Crippen LogP contribution in [0, 0.1) is 0 Å². The van der Waals surface area contributed by atoms with Gasteiger partial charge in [0.05, 0.1) is 12.5 Å². The molecule has 2 heteroatoms. The molecule has 0 aliphatic rings. The van der Waals surface area contributed by atoms with E-state index in [1.165, 1.54) is 82.9 Å². The summed E-state index contributed by atoms with van der Waals surface area (Å²) in [5.74, 6) is 2.14. The first-order valence-electron chi connectivity index (χ1n) is 9.90. The summed E-state index contributed by atoms with van der Waals surface area (Å²) in [7, 11) is 0. The smallest absolute Gasteiger partial charge is 0.247 e. The number of unbranched alkanes of at least 4 members (excludes halogenated alkanes) is 9. The van der Waals surface area contributed by atoms with Crippen LogP contribution in [-0.4, -0.2) is 4.98 Å². The van der Waals surface area contributed by atoms with Crippen LogP contribution in [0.2, 0.25) is 0 Å². The zero-order valence-electron chi connectivity index (χ0n) is 15.4. The van der Waals surface area contributed by atoms with Crippen molar-refractivity contribution in [1.29, 1.82) is 0 Å². The van der Waals surface area contributed by atoms with Crippen molar-refractivity contribution in [2.45, 2.75) is 110 Å².